The average molecular weight is 353 g/mol. The van der Waals surface area contributed by atoms with E-state index in [1.165, 1.54) is 6.07 Å². The van der Waals surface area contributed by atoms with Crippen LogP contribution in [0.4, 0.5) is 0 Å². The third-order valence-corrected chi connectivity index (χ3v) is 4.96. The van der Waals surface area contributed by atoms with E-state index in [0.29, 0.717) is 23.1 Å². The quantitative estimate of drug-likeness (QED) is 0.693. The lowest BCUT2D eigenvalue weighted by atomic mass is 10.1. The van der Waals surface area contributed by atoms with Crippen LogP contribution < -0.4 is 9.46 Å². The highest BCUT2D eigenvalue weighted by Gasteiger charge is 2.32. The van der Waals surface area contributed by atoms with Crippen molar-refractivity contribution in [3.8, 4) is 5.75 Å². The normalized spacial score (nSPS) is 14.3. The monoisotopic (exact) mass is 353 g/mol. The molecule has 1 unspecified atom stereocenters. The number of nitrogens with one attached hydrogen (secondary N) is 1. The van der Waals surface area contributed by atoms with Crippen LogP contribution in [0, 0.1) is 0 Å². The molecule has 0 spiro atoms. The van der Waals surface area contributed by atoms with Crippen molar-refractivity contribution < 1.29 is 28.2 Å². The van der Waals surface area contributed by atoms with Crippen molar-refractivity contribution in [1.29, 1.82) is 0 Å². The van der Waals surface area contributed by atoms with Crippen LogP contribution >= 0.6 is 0 Å². The smallest absolute Gasteiger partial charge is 0.336 e. The van der Waals surface area contributed by atoms with Crippen molar-refractivity contribution in [2.24, 2.45) is 0 Å². The van der Waals surface area contributed by atoms with E-state index < -0.39 is 28.1 Å². The summed E-state index contributed by atoms with van der Waals surface area (Å²) in [7, 11) is -4.01. The first kappa shape index (κ1) is 18.2. The van der Waals surface area contributed by atoms with Gasteiger partial charge in [0.15, 0.2) is 5.60 Å². The fourth-order valence-electron chi connectivity index (χ4n) is 2.15. The number of rotatable bonds is 7. The summed E-state index contributed by atoms with van der Waals surface area (Å²) in [6.07, 6.45) is 0. The minimum absolute atomic E-state index is 0.0114. The summed E-state index contributed by atoms with van der Waals surface area (Å²) in [5, 5.41) is 19.6. The van der Waals surface area contributed by atoms with E-state index in [-0.39, 0.29) is 4.90 Å². The van der Waals surface area contributed by atoms with Gasteiger partial charge in [-0.1, -0.05) is 24.3 Å². The second-order valence-corrected chi connectivity index (χ2v) is 7.18. The maximum atomic E-state index is 12.5. The van der Waals surface area contributed by atoms with Crippen LogP contribution in [-0.4, -0.2) is 43.4 Å². The van der Waals surface area contributed by atoms with Crippen LogP contribution in [-0.2, 0) is 14.8 Å². The number of hydrogen-bond acceptors (Lipinski definition) is 5. The van der Waals surface area contributed by atoms with E-state index in [1.54, 1.807) is 30.3 Å². The zero-order valence-electron chi connectivity index (χ0n) is 13.3. The largest absolute Gasteiger partial charge is 0.493 e. The molecule has 24 heavy (non-hydrogen) atoms. The molecule has 1 atom stereocenters. The van der Waals surface area contributed by atoms with Crippen molar-refractivity contribution in [2.75, 3.05) is 13.2 Å². The third kappa shape index (κ3) is 3.66. The third-order valence-electron chi connectivity index (χ3n) is 3.50. The van der Waals surface area contributed by atoms with Crippen molar-refractivity contribution in [3.63, 3.8) is 0 Å². The van der Waals surface area contributed by atoms with Crippen molar-refractivity contribution in [3.05, 3.63) is 36.4 Å². The van der Waals surface area contributed by atoms with Crippen molar-refractivity contribution in [1.82, 2.24) is 4.72 Å². The lowest BCUT2D eigenvalue weighted by Crippen LogP contribution is -2.46. The van der Waals surface area contributed by atoms with Crippen LogP contribution in [0.1, 0.15) is 13.8 Å². The molecule has 0 heterocycles. The molecule has 0 aromatic heterocycles. The molecule has 7 nitrogen and oxygen atoms in total. The van der Waals surface area contributed by atoms with E-state index >= 15 is 0 Å². The minimum atomic E-state index is -4.01. The number of sulfonamides is 1. The number of aliphatic hydroxyl groups is 1. The average Bonchev–Trinajstić information content (AvgIpc) is 2.53. The first-order valence-corrected chi connectivity index (χ1v) is 8.77. The first-order valence-electron chi connectivity index (χ1n) is 7.29. The van der Waals surface area contributed by atoms with Crippen LogP contribution in [0.3, 0.4) is 0 Å². The lowest BCUT2D eigenvalue weighted by Gasteiger charge is -2.19. The molecule has 0 saturated carbocycles. The van der Waals surface area contributed by atoms with Crippen molar-refractivity contribution >= 4 is 26.8 Å². The van der Waals surface area contributed by atoms with Crippen LogP contribution in [0.2, 0.25) is 0 Å². The Balaban J connectivity index is 2.44. The second-order valence-electron chi connectivity index (χ2n) is 5.44. The summed E-state index contributed by atoms with van der Waals surface area (Å²) in [5.74, 6) is -0.952. The molecular formula is C16H19NO6S. The Bertz CT molecular complexity index is 860. The highest BCUT2D eigenvalue weighted by atomic mass is 32.2. The van der Waals surface area contributed by atoms with E-state index in [4.69, 9.17) is 9.84 Å². The van der Waals surface area contributed by atoms with Gasteiger partial charge in [0.05, 0.1) is 18.0 Å². The van der Waals surface area contributed by atoms with Gasteiger partial charge in [-0.25, -0.2) is 17.9 Å². The Labute approximate surface area is 139 Å². The molecule has 2 aromatic carbocycles. The SMILES string of the molecule is CCOc1ccc(S(=O)(=O)NCC(C)(O)C(=O)O)c2ccccc12. The lowest BCUT2D eigenvalue weighted by molar-refractivity contribution is -0.155. The van der Waals surface area contributed by atoms with Crippen LogP contribution in [0.15, 0.2) is 41.3 Å². The number of carbonyl (C=O) groups is 1. The Kier molecular flexibility index (Phi) is 5.12. The molecule has 0 saturated heterocycles. The van der Waals surface area contributed by atoms with E-state index in [2.05, 4.69) is 4.72 Å². The zero-order chi connectivity index (χ0) is 18.0. The number of fused-ring (bicyclic) bond motifs is 1. The van der Waals surface area contributed by atoms with Gasteiger partial charge in [-0.3, -0.25) is 0 Å². The number of benzene rings is 2. The number of aliphatic carboxylic acids is 1. The molecule has 0 aliphatic heterocycles. The molecule has 0 amide bonds. The maximum absolute atomic E-state index is 12.5. The summed E-state index contributed by atoms with van der Waals surface area (Å²) in [6, 6.07) is 9.80. The molecule has 0 bridgehead atoms. The predicted molar refractivity (Wildman–Crippen MR) is 88.6 cm³/mol. The van der Waals surface area contributed by atoms with Gasteiger partial charge in [0.1, 0.15) is 5.75 Å². The standard InChI is InChI=1S/C16H19NO6S/c1-3-23-13-8-9-14(12-7-5-4-6-11(12)13)24(21,22)17-10-16(2,20)15(18)19/h4-9,17,20H,3,10H2,1-2H3,(H,18,19). The summed E-state index contributed by atoms with van der Waals surface area (Å²) in [6.45, 7) is 2.64. The maximum Gasteiger partial charge on any atom is 0.336 e. The Morgan fingerprint density at radius 2 is 1.83 bits per heavy atom. The highest BCUT2D eigenvalue weighted by molar-refractivity contribution is 7.89. The predicted octanol–water partition coefficient (Wildman–Crippen LogP) is 1.35. The Morgan fingerprint density at radius 3 is 2.42 bits per heavy atom. The second kappa shape index (κ2) is 6.76. The van der Waals surface area contributed by atoms with Crippen LogP contribution in [0.25, 0.3) is 10.8 Å². The summed E-state index contributed by atoms with van der Waals surface area (Å²) < 4.78 is 32.7. The number of carboxylic acid groups (broad SMARTS) is 1. The molecule has 3 N–H and O–H groups in total. The van der Waals surface area contributed by atoms with E-state index in [0.717, 1.165) is 6.92 Å². The van der Waals surface area contributed by atoms with Crippen LogP contribution in [0.5, 0.6) is 5.75 Å². The molecular weight excluding hydrogens is 334 g/mol. The molecule has 8 heteroatoms. The Morgan fingerprint density at radius 1 is 1.21 bits per heavy atom. The highest BCUT2D eigenvalue weighted by Crippen LogP contribution is 2.31. The van der Waals surface area contributed by atoms with Gasteiger partial charge in [0.2, 0.25) is 10.0 Å². The number of ether oxygens (including phenoxy) is 1. The Hall–Kier alpha value is -2.16. The summed E-state index contributed by atoms with van der Waals surface area (Å²) >= 11 is 0. The first-order chi connectivity index (χ1) is 11.2. The van der Waals surface area contributed by atoms with Gasteiger partial charge in [0, 0.05) is 10.8 Å². The summed E-state index contributed by atoms with van der Waals surface area (Å²) in [5.41, 5.74) is -2.20. The van der Waals surface area contributed by atoms with Gasteiger partial charge in [0.25, 0.3) is 0 Å². The summed E-state index contributed by atoms with van der Waals surface area (Å²) in [4.78, 5) is 10.9. The molecule has 130 valence electrons. The van der Waals surface area contributed by atoms with Gasteiger partial charge in [-0.15, -0.1) is 0 Å². The molecule has 0 aliphatic carbocycles. The minimum Gasteiger partial charge on any atom is -0.493 e. The molecule has 2 rings (SSSR count). The molecule has 0 fully saturated rings. The van der Waals surface area contributed by atoms with Crippen molar-refractivity contribution in [2.45, 2.75) is 24.3 Å². The zero-order valence-corrected chi connectivity index (χ0v) is 14.1. The van der Waals surface area contributed by atoms with Gasteiger partial charge in [-0.05, 0) is 26.0 Å². The number of hydrogen-bond donors (Lipinski definition) is 3. The molecule has 2 aromatic rings. The van der Waals surface area contributed by atoms with E-state index in [9.17, 15) is 18.3 Å². The van der Waals surface area contributed by atoms with Gasteiger partial charge < -0.3 is 14.9 Å². The fourth-order valence-corrected chi connectivity index (χ4v) is 3.49. The van der Waals surface area contributed by atoms with E-state index in [1.807, 2.05) is 6.92 Å². The topological polar surface area (TPSA) is 113 Å². The fraction of sp³-hybridized carbons (Fsp3) is 0.312. The molecule has 0 aliphatic rings. The number of carboxylic acids is 1. The van der Waals surface area contributed by atoms with Gasteiger partial charge in [-0.2, -0.15) is 0 Å². The molecule has 0 radical (unpaired) electrons. The van der Waals surface area contributed by atoms with Gasteiger partial charge >= 0.3 is 5.97 Å².